The highest BCUT2D eigenvalue weighted by Crippen LogP contribution is 1.09. The number of carbonyl (C=O) groups is 1. The molecule has 0 fully saturated rings. The minimum absolute atomic E-state index is 0. The second-order valence-corrected chi connectivity index (χ2v) is 0.407. The van der Waals surface area contributed by atoms with Gasteiger partial charge in [-0.15, -0.1) is 12.4 Å². The highest BCUT2D eigenvalue weighted by atomic mass is 35.5. The number of rotatable bonds is 1. The first-order valence-electron chi connectivity index (χ1n) is 1.02. The molecule has 0 heterocycles. The van der Waals surface area contributed by atoms with E-state index in [-0.39, 0.29) is 12.4 Å². The molecule has 0 aliphatic carbocycles. The zero-order chi connectivity index (χ0) is 3.41. The van der Waals surface area contributed by atoms with Crippen LogP contribution in [0.5, 0.6) is 0 Å². The van der Waals surface area contributed by atoms with Gasteiger partial charge in [-0.05, 0) is 0 Å². The Morgan fingerprint density at radius 2 is 2.00 bits per heavy atom. The van der Waals surface area contributed by atoms with E-state index < -0.39 is 0 Å². The molecule has 0 atom stereocenters. The second-order valence-electron chi connectivity index (χ2n) is 0.407. The summed E-state index contributed by atoms with van der Waals surface area (Å²) in [5.41, 5.74) is 0. The van der Waals surface area contributed by atoms with Gasteiger partial charge in [0, 0.05) is 7.05 Å². The van der Waals surface area contributed by atoms with Gasteiger partial charge in [0.15, 0.2) is 0 Å². The van der Waals surface area contributed by atoms with Crippen LogP contribution in [-0.4, -0.2) is 13.5 Å². The lowest BCUT2D eigenvalue weighted by Crippen LogP contribution is -1.98. The Balaban J connectivity index is 0. The van der Waals surface area contributed by atoms with E-state index in [1.165, 1.54) is 0 Å². The smallest absolute Gasteiger partial charge is 0.206 e. The zero-order valence-electron chi connectivity index (χ0n) is 2.89. The van der Waals surface area contributed by atoms with Gasteiger partial charge in [0.2, 0.25) is 6.41 Å². The topological polar surface area (TPSA) is 29.1 Å². The van der Waals surface area contributed by atoms with E-state index in [1.807, 2.05) is 0 Å². The average Bonchev–Trinajstić information content (AvgIpc) is 1.37. The van der Waals surface area contributed by atoms with Gasteiger partial charge < -0.3 is 5.32 Å². The molecule has 3 heteroatoms. The van der Waals surface area contributed by atoms with Gasteiger partial charge in [-0.3, -0.25) is 4.79 Å². The van der Waals surface area contributed by atoms with Crippen molar-refractivity contribution in [3.63, 3.8) is 0 Å². The largest absolute Gasteiger partial charge is 0.362 e. The summed E-state index contributed by atoms with van der Waals surface area (Å²) in [6.07, 6.45) is 0.625. The summed E-state index contributed by atoms with van der Waals surface area (Å²) in [5, 5.41) is 2.25. The van der Waals surface area contributed by atoms with Crippen molar-refractivity contribution >= 4 is 18.8 Å². The van der Waals surface area contributed by atoms with Crippen LogP contribution in [0, 0.1) is 0 Å². The van der Waals surface area contributed by atoms with Crippen LogP contribution in [0.2, 0.25) is 0 Å². The summed E-state index contributed by atoms with van der Waals surface area (Å²) >= 11 is 0. The molecule has 1 amide bonds. The molecule has 0 spiro atoms. The minimum atomic E-state index is 0. The Hall–Kier alpha value is -0.240. The highest BCUT2D eigenvalue weighted by molar-refractivity contribution is 5.85. The highest BCUT2D eigenvalue weighted by Gasteiger charge is 1.43. The molecule has 0 saturated heterocycles. The molecule has 0 aliphatic heterocycles. The van der Waals surface area contributed by atoms with Gasteiger partial charge in [0.1, 0.15) is 0 Å². The van der Waals surface area contributed by atoms with Gasteiger partial charge in [-0.25, -0.2) is 0 Å². The normalized spacial score (nSPS) is 4.20. The van der Waals surface area contributed by atoms with Crippen molar-refractivity contribution in [1.29, 1.82) is 0 Å². The van der Waals surface area contributed by atoms with Crippen molar-refractivity contribution in [1.82, 2.24) is 5.32 Å². The summed E-state index contributed by atoms with van der Waals surface area (Å²) in [4.78, 5) is 9.06. The Kier molecular flexibility index (Phi) is 16.3. The van der Waals surface area contributed by atoms with Crippen molar-refractivity contribution in [3.05, 3.63) is 0 Å². The molecule has 0 aromatic rings. The predicted molar refractivity (Wildman–Crippen MR) is 22.4 cm³/mol. The number of hydrogen-bond donors (Lipinski definition) is 1. The van der Waals surface area contributed by atoms with Crippen LogP contribution in [0.25, 0.3) is 0 Å². The Morgan fingerprint density at radius 3 is 2.00 bits per heavy atom. The second kappa shape index (κ2) is 9.25. The van der Waals surface area contributed by atoms with Gasteiger partial charge in [0.25, 0.3) is 0 Å². The molecule has 0 aromatic heterocycles. The number of halogens is 1. The molecule has 0 bridgehead atoms. The third-order valence-electron chi connectivity index (χ3n) is 0.118. The summed E-state index contributed by atoms with van der Waals surface area (Å²) in [6, 6.07) is 0. The SMILES string of the molecule is CNC=O.Cl. The molecule has 5 heavy (non-hydrogen) atoms. The van der Waals surface area contributed by atoms with Gasteiger partial charge in [-0.1, -0.05) is 0 Å². The molecule has 0 aliphatic rings. The number of amides is 1. The molecule has 0 rings (SSSR count). The van der Waals surface area contributed by atoms with E-state index in [0.29, 0.717) is 6.41 Å². The fraction of sp³-hybridized carbons (Fsp3) is 0.500. The van der Waals surface area contributed by atoms with Crippen LogP contribution in [0.15, 0.2) is 0 Å². The van der Waals surface area contributed by atoms with Crippen LogP contribution in [0.1, 0.15) is 0 Å². The molecule has 32 valence electrons. The Bertz CT molecular complexity index is 23.6. The van der Waals surface area contributed by atoms with E-state index >= 15 is 0 Å². The maximum absolute atomic E-state index is 9.06. The third kappa shape index (κ3) is 20.2. The van der Waals surface area contributed by atoms with Crippen molar-refractivity contribution in [2.45, 2.75) is 0 Å². The van der Waals surface area contributed by atoms with E-state index in [2.05, 4.69) is 5.32 Å². The summed E-state index contributed by atoms with van der Waals surface area (Å²) in [6.45, 7) is 0. The molecular formula is C2H6ClNO. The maximum Gasteiger partial charge on any atom is 0.206 e. The van der Waals surface area contributed by atoms with Crippen molar-refractivity contribution in [3.8, 4) is 0 Å². The molecular weight excluding hydrogens is 89.5 g/mol. The first-order valence-corrected chi connectivity index (χ1v) is 1.02. The lowest BCUT2D eigenvalue weighted by molar-refractivity contribution is -0.109. The third-order valence-corrected chi connectivity index (χ3v) is 0.118. The molecule has 0 unspecified atom stereocenters. The molecule has 2 nitrogen and oxygen atoms in total. The fourth-order valence-electron chi connectivity index (χ4n) is 0. The van der Waals surface area contributed by atoms with Crippen molar-refractivity contribution in [2.75, 3.05) is 7.05 Å². The number of nitrogens with one attached hydrogen (secondary N) is 1. The van der Waals surface area contributed by atoms with Gasteiger partial charge in [-0.2, -0.15) is 0 Å². The predicted octanol–water partition coefficient (Wildman–Crippen LogP) is -0.216. The lowest BCUT2D eigenvalue weighted by atomic mass is 11.2. The summed E-state index contributed by atoms with van der Waals surface area (Å²) < 4.78 is 0. The molecule has 0 radical (unpaired) electrons. The monoisotopic (exact) mass is 95.0 g/mol. The average molecular weight is 95.5 g/mol. The lowest BCUT2D eigenvalue weighted by Gasteiger charge is -1.64. The molecule has 0 saturated carbocycles. The van der Waals surface area contributed by atoms with Crippen LogP contribution >= 0.6 is 12.4 Å². The van der Waals surface area contributed by atoms with Crippen LogP contribution in [0.3, 0.4) is 0 Å². The van der Waals surface area contributed by atoms with Gasteiger partial charge in [0.05, 0.1) is 0 Å². The standard InChI is InChI=1S/C2H5NO.ClH/c1-3-2-4;/h2H,1H3,(H,3,4);1H. The maximum atomic E-state index is 9.06. The van der Waals surface area contributed by atoms with E-state index in [9.17, 15) is 0 Å². The van der Waals surface area contributed by atoms with Crippen LogP contribution in [-0.2, 0) is 4.79 Å². The first-order chi connectivity index (χ1) is 1.91. The summed E-state index contributed by atoms with van der Waals surface area (Å²) in [5.74, 6) is 0. The fourth-order valence-corrected chi connectivity index (χ4v) is 0. The Labute approximate surface area is 37.0 Å². The van der Waals surface area contributed by atoms with Crippen LogP contribution < -0.4 is 5.32 Å². The number of hydrogen-bond acceptors (Lipinski definition) is 1. The minimum Gasteiger partial charge on any atom is -0.362 e. The zero-order valence-corrected chi connectivity index (χ0v) is 3.71. The van der Waals surface area contributed by atoms with Crippen molar-refractivity contribution in [2.24, 2.45) is 0 Å². The van der Waals surface area contributed by atoms with Crippen molar-refractivity contribution < 1.29 is 4.79 Å². The molecule has 0 aromatic carbocycles. The quantitative estimate of drug-likeness (QED) is 0.449. The van der Waals surface area contributed by atoms with Crippen LogP contribution in [0.4, 0.5) is 0 Å². The Morgan fingerprint density at radius 1 is 1.80 bits per heavy atom. The van der Waals surface area contributed by atoms with Gasteiger partial charge >= 0.3 is 0 Å². The number of carbonyl (C=O) groups excluding carboxylic acids is 1. The van der Waals surface area contributed by atoms with E-state index in [4.69, 9.17) is 4.79 Å². The first kappa shape index (κ1) is 8.83. The van der Waals surface area contributed by atoms with E-state index in [1.54, 1.807) is 7.05 Å². The molecule has 1 N–H and O–H groups in total. The van der Waals surface area contributed by atoms with E-state index in [0.717, 1.165) is 0 Å². The summed E-state index contributed by atoms with van der Waals surface area (Å²) in [7, 11) is 1.56.